The van der Waals surface area contributed by atoms with Gasteiger partial charge >= 0.3 is 6.09 Å². The number of carboxylic acid groups (broad SMARTS) is 1. The van der Waals surface area contributed by atoms with Crippen molar-refractivity contribution in [3.8, 4) is 5.75 Å². The van der Waals surface area contributed by atoms with Crippen molar-refractivity contribution in [2.24, 2.45) is 0 Å². The van der Waals surface area contributed by atoms with Crippen molar-refractivity contribution in [3.63, 3.8) is 0 Å². The van der Waals surface area contributed by atoms with Crippen LogP contribution in [0.25, 0.3) is 11.0 Å². The smallest absolute Gasteiger partial charge is 0.432 e. The number of halogens is 2. The quantitative estimate of drug-likeness (QED) is 0.256. The number of aromatic nitrogens is 3. The molecule has 2 aromatic heterocycles. The Morgan fingerprint density at radius 1 is 1.07 bits per heavy atom. The second-order valence-corrected chi connectivity index (χ2v) is 18.3. The lowest BCUT2D eigenvalue weighted by Crippen LogP contribution is -2.59. The normalized spacial score (nSPS) is 17.6. The van der Waals surface area contributed by atoms with Gasteiger partial charge in [0.1, 0.15) is 23.1 Å². The van der Waals surface area contributed by atoms with Gasteiger partial charge in [-0.3, -0.25) is 9.59 Å². The number of ether oxygens (including phenoxy) is 1. The van der Waals surface area contributed by atoms with Gasteiger partial charge in [-0.25, -0.2) is 18.6 Å². The summed E-state index contributed by atoms with van der Waals surface area (Å²) in [5.41, 5.74) is -0.256. The van der Waals surface area contributed by atoms with Crippen LogP contribution in [0.5, 0.6) is 5.75 Å². The number of likely N-dealkylation sites (N-methyl/N-ethyl adjacent to an activating group) is 1. The summed E-state index contributed by atoms with van der Waals surface area (Å²) in [5.74, 6) is -3.28. The minimum Gasteiger partial charge on any atom is -0.497 e. The summed E-state index contributed by atoms with van der Waals surface area (Å²) in [4.78, 5) is 45.9. The first-order valence-corrected chi connectivity index (χ1v) is 18.1. The Morgan fingerprint density at radius 3 is 2.22 bits per heavy atom. The molecule has 46 heavy (non-hydrogen) atoms. The highest BCUT2D eigenvalue weighted by Gasteiger charge is 2.52. The average Bonchev–Trinajstić information content (AvgIpc) is 3.40. The van der Waals surface area contributed by atoms with Crippen LogP contribution < -0.4 is 10.1 Å². The van der Waals surface area contributed by atoms with Gasteiger partial charge in [-0.2, -0.15) is 9.78 Å². The standard InChI is InChI=1S/C32H43F2N5O6Si/c1-20(45-46(7,8)30(2,3)4)26(27(40)37-25-14-13-24-23(36-25)19-35-39(24)29(42)43)38(5)28(41)31(15-17-32(33,34)18-16-31)21-9-11-22(44-6)12-10-21/h9-14,19-20,26H,15-18H2,1-8H3,(H,42,43)(H,36,37,40)/t20-,26+/m0/s1. The molecule has 11 nitrogen and oxygen atoms in total. The molecule has 2 atom stereocenters. The van der Waals surface area contributed by atoms with E-state index in [1.165, 1.54) is 37.4 Å². The molecular formula is C32H43F2N5O6Si. The predicted octanol–water partition coefficient (Wildman–Crippen LogP) is 6.29. The molecule has 2 N–H and O–H groups in total. The summed E-state index contributed by atoms with van der Waals surface area (Å²) in [6.45, 7) is 12.0. The van der Waals surface area contributed by atoms with Crippen molar-refractivity contribution in [1.29, 1.82) is 0 Å². The molecule has 3 aromatic rings. The molecule has 14 heteroatoms. The highest BCUT2D eigenvalue weighted by atomic mass is 28.4. The van der Waals surface area contributed by atoms with Crippen molar-refractivity contribution >= 4 is 43.1 Å². The Balaban J connectivity index is 1.73. The van der Waals surface area contributed by atoms with Gasteiger partial charge in [0.05, 0.1) is 30.3 Å². The maximum Gasteiger partial charge on any atom is 0.432 e. The number of methoxy groups -OCH3 is 1. The predicted molar refractivity (Wildman–Crippen MR) is 172 cm³/mol. The Labute approximate surface area is 268 Å². The first-order valence-electron chi connectivity index (χ1n) is 15.2. The molecule has 0 unspecified atom stereocenters. The van der Waals surface area contributed by atoms with Crippen LogP contribution in [0.15, 0.2) is 42.6 Å². The molecule has 250 valence electrons. The van der Waals surface area contributed by atoms with E-state index in [1.54, 1.807) is 31.2 Å². The van der Waals surface area contributed by atoms with Crippen LogP contribution in [0.4, 0.5) is 19.4 Å². The van der Waals surface area contributed by atoms with Crippen LogP contribution in [0.3, 0.4) is 0 Å². The Kier molecular flexibility index (Phi) is 9.65. The Morgan fingerprint density at radius 2 is 1.67 bits per heavy atom. The average molecular weight is 660 g/mol. The van der Waals surface area contributed by atoms with E-state index in [4.69, 9.17) is 9.16 Å². The summed E-state index contributed by atoms with van der Waals surface area (Å²) >= 11 is 0. The van der Waals surface area contributed by atoms with E-state index in [1.807, 2.05) is 13.1 Å². The molecular weight excluding hydrogens is 616 g/mol. The van der Waals surface area contributed by atoms with E-state index in [0.29, 0.717) is 11.3 Å². The molecule has 4 rings (SSSR count). The van der Waals surface area contributed by atoms with Crippen LogP contribution in [0, 0.1) is 0 Å². The lowest BCUT2D eigenvalue weighted by atomic mass is 9.67. The molecule has 0 bridgehead atoms. The van der Waals surface area contributed by atoms with E-state index in [9.17, 15) is 28.3 Å². The van der Waals surface area contributed by atoms with Gasteiger partial charge in [0.15, 0.2) is 8.32 Å². The van der Waals surface area contributed by atoms with E-state index in [0.717, 1.165) is 4.68 Å². The number of alkyl halides is 2. The van der Waals surface area contributed by atoms with Crippen molar-refractivity contribution in [1.82, 2.24) is 19.7 Å². The summed E-state index contributed by atoms with van der Waals surface area (Å²) in [6.07, 6.45) is -1.95. The maximum absolute atomic E-state index is 14.6. The summed E-state index contributed by atoms with van der Waals surface area (Å²) in [5, 5.41) is 15.7. The second-order valence-electron chi connectivity index (χ2n) is 13.5. The SMILES string of the molecule is COc1ccc(C2(C(=O)N(C)[C@@H](C(=O)Nc3ccc4c(cnn4C(=O)O)n3)[C@H](C)O[Si](C)(C)C(C)(C)C)CCC(F)(F)CC2)cc1. The minimum atomic E-state index is -2.90. The fourth-order valence-corrected chi connectivity index (χ4v) is 7.20. The number of hydrogen-bond donors (Lipinski definition) is 2. The molecule has 0 radical (unpaired) electrons. The number of nitrogens with zero attached hydrogens (tertiary/aromatic N) is 4. The molecule has 0 spiro atoms. The third-order valence-electron chi connectivity index (χ3n) is 9.48. The van der Waals surface area contributed by atoms with Gasteiger partial charge in [-0.1, -0.05) is 32.9 Å². The molecule has 1 aliphatic rings. The number of nitrogens with one attached hydrogen (secondary N) is 1. The van der Waals surface area contributed by atoms with Crippen LogP contribution in [0.1, 0.15) is 58.9 Å². The number of hydrogen-bond acceptors (Lipinski definition) is 7. The fraction of sp³-hybridized carbons (Fsp3) is 0.531. The zero-order valence-corrected chi connectivity index (χ0v) is 28.6. The van der Waals surface area contributed by atoms with Gasteiger partial charge in [0, 0.05) is 19.9 Å². The van der Waals surface area contributed by atoms with Crippen molar-refractivity contribution < 1.29 is 37.4 Å². The third-order valence-corrected chi connectivity index (χ3v) is 14.1. The van der Waals surface area contributed by atoms with Crippen molar-refractivity contribution in [2.45, 2.75) is 95.0 Å². The maximum atomic E-state index is 14.6. The topological polar surface area (TPSA) is 136 Å². The number of benzene rings is 1. The third kappa shape index (κ3) is 6.92. The fourth-order valence-electron chi connectivity index (χ4n) is 5.79. The van der Waals surface area contributed by atoms with Crippen LogP contribution in [-0.4, -0.2) is 83.2 Å². The molecule has 2 amide bonds. The second kappa shape index (κ2) is 12.7. The minimum absolute atomic E-state index is 0.104. The van der Waals surface area contributed by atoms with Crippen molar-refractivity contribution in [2.75, 3.05) is 19.5 Å². The zero-order chi connectivity index (χ0) is 34.2. The number of carbonyl (C=O) groups is 3. The largest absolute Gasteiger partial charge is 0.497 e. The van der Waals surface area contributed by atoms with Crippen LogP contribution >= 0.6 is 0 Å². The van der Waals surface area contributed by atoms with Gasteiger partial charge < -0.3 is 24.5 Å². The van der Waals surface area contributed by atoms with Crippen LogP contribution in [-0.2, 0) is 19.4 Å². The molecule has 1 saturated carbocycles. The first kappa shape index (κ1) is 35.0. The van der Waals surface area contributed by atoms with Crippen molar-refractivity contribution in [3.05, 3.63) is 48.2 Å². The Bertz CT molecular complexity index is 1590. The monoisotopic (exact) mass is 659 g/mol. The molecule has 1 fully saturated rings. The highest BCUT2D eigenvalue weighted by Crippen LogP contribution is 2.47. The summed E-state index contributed by atoms with van der Waals surface area (Å²) in [7, 11) is 0.561. The van der Waals surface area contributed by atoms with E-state index < -0.39 is 62.5 Å². The molecule has 0 saturated heterocycles. The number of carbonyl (C=O) groups excluding carboxylic acids is 2. The molecule has 2 heterocycles. The molecule has 0 aliphatic heterocycles. The number of rotatable bonds is 9. The van der Waals surface area contributed by atoms with Gasteiger partial charge in [-0.15, -0.1) is 0 Å². The number of amides is 2. The zero-order valence-electron chi connectivity index (χ0n) is 27.6. The van der Waals surface area contributed by atoms with Gasteiger partial charge in [0.25, 0.3) is 5.91 Å². The van der Waals surface area contributed by atoms with Gasteiger partial charge in [0.2, 0.25) is 11.8 Å². The highest BCUT2D eigenvalue weighted by molar-refractivity contribution is 6.74. The number of fused-ring (bicyclic) bond motifs is 1. The Hall–Kier alpha value is -3.91. The molecule has 1 aromatic carbocycles. The van der Waals surface area contributed by atoms with Crippen LogP contribution in [0.2, 0.25) is 18.1 Å². The van der Waals surface area contributed by atoms with E-state index >= 15 is 0 Å². The van der Waals surface area contributed by atoms with Gasteiger partial charge in [-0.05, 0) is 67.7 Å². The number of anilines is 1. The first-order chi connectivity index (χ1) is 21.3. The lowest BCUT2D eigenvalue weighted by molar-refractivity contribution is -0.149. The lowest BCUT2D eigenvalue weighted by Gasteiger charge is -2.45. The van der Waals surface area contributed by atoms with E-state index in [-0.39, 0.29) is 34.7 Å². The van der Waals surface area contributed by atoms with E-state index in [2.05, 4.69) is 36.2 Å². The summed E-state index contributed by atoms with van der Waals surface area (Å²) < 4.78 is 41.7. The summed E-state index contributed by atoms with van der Waals surface area (Å²) in [6, 6.07) is 8.57. The molecule has 1 aliphatic carbocycles. The number of pyridine rings is 1.